The van der Waals surface area contributed by atoms with Crippen molar-refractivity contribution < 1.29 is 0 Å². The standard InChI is InChI=1S/C13H22N2S/c1-3-12(13-14-7-8-16-13)15-11-6-4-5-10(2)9-11/h7-8,10-12,15H,3-6,9H2,1-2H3. The van der Waals surface area contributed by atoms with E-state index in [1.165, 1.54) is 30.7 Å². The molecular formula is C13H22N2S. The van der Waals surface area contributed by atoms with E-state index in [-0.39, 0.29) is 0 Å². The van der Waals surface area contributed by atoms with E-state index in [0.717, 1.165) is 12.3 Å². The van der Waals surface area contributed by atoms with Gasteiger partial charge in [0, 0.05) is 17.6 Å². The zero-order chi connectivity index (χ0) is 11.4. The Balaban J connectivity index is 1.91. The molecule has 2 nitrogen and oxygen atoms in total. The summed E-state index contributed by atoms with van der Waals surface area (Å²) in [7, 11) is 0. The molecule has 0 aliphatic heterocycles. The zero-order valence-corrected chi connectivity index (χ0v) is 11.1. The van der Waals surface area contributed by atoms with Crippen LogP contribution in [-0.4, -0.2) is 11.0 Å². The van der Waals surface area contributed by atoms with Crippen LogP contribution in [0.3, 0.4) is 0 Å². The maximum absolute atomic E-state index is 4.43. The zero-order valence-electron chi connectivity index (χ0n) is 10.3. The van der Waals surface area contributed by atoms with Gasteiger partial charge < -0.3 is 5.32 Å². The first-order valence-electron chi connectivity index (χ1n) is 6.45. The first-order chi connectivity index (χ1) is 7.79. The minimum absolute atomic E-state index is 0.468. The molecule has 3 atom stereocenters. The molecule has 1 aliphatic carbocycles. The number of hydrogen-bond donors (Lipinski definition) is 1. The molecule has 1 heterocycles. The lowest BCUT2D eigenvalue weighted by Gasteiger charge is -2.30. The molecule has 3 unspecified atom stereocenters. The van der Waals surface area contributed by atoms with Crippen LogP contribution < -0.4 is 5.32 Å². The molecule has 90 valence electrons. The van der Waals surface area contributed by atoms with E-state index >= 15 is 0 Å². The maximum atomic E-state index is 4.43. The van der Waals surface area contributed by atoms with Crippen molar-refractivity contribution in [1.82, 2.24) is 10.3 Å². The second-order valence-electron chi connectivity index (χ2n) is 4.97. The van der Waals surface area contributed by atoms with Gasteiger partial charge in [0.2, 0.25) is 0 Å². The maximum Gasteiger partial charge on any atom is 0.109 e. The summed E-state index contributed by atoms with van der Waals surface area (Å²) in [6.07, 6.45) is 8.51. The van der Waals surface area contributed by atoms with Crippen LogP contribution in [0.15, 0.2) is 11.6 Å². The van der Waals surface area contributed by atoms with E-state index in [9.17, 15) is 0 Å². The van der Waals surface area contributed by atoms with Crippen molar-refractivity contribution in [2.75, 3.05) is 0 Å². The fourth-order valence-corrected chi connectivity index (χ4v) is 3.42. The van der Waals surface area contributed by atoms with E-state index in [2.05, 4.69) is 29.5 Å². The smallest absolute Gasteiger partial charge is 0.109 e. The molecule has 1 aromatic rings. The van der Waals surface area contributed by atoms with E-state index in [1.807, 2.05) is 6.20 Å². The van der Waals surface area contributed by atoms with Crippen molar-refractivity contribution in [3.05, 3.63) is 16.6 Å². The van der Waals surface area contributed by atoms with E-state index in [4.69, 9.17) is 0 Å². The third-order valence-electron chi connectivity index (χ3n) is 3.53. The molecule has 2 rings (SSSR count). The van der Waals surface area contributed by atoms with E-state index in [1.54, 1.807) is 11.3 Å². The summed E-state index contributed by atoms with van der Waals surface area (Å²) >= 11 is 1.77. The Morgan fingerprint density at radius 3 is 3.06 bits per heavy atom. The minimum atomic E-state index is 0.468. The van der Waals surface area contributed by atoms with Gasteiger partial charge in [0.1, 0.15) is 5.01 Å². The van der Waals surface area contributed by atoms with Gasteiger partial charge in [-0.1, -0.05) is 26.7 Å². The van der Waals surface area contributed by atoms with Crippen LogP contribution in [0.2, 0.25) is 0 Å². The van der Waals surface area contributed by atoms with Crippen molar-refractivity contribution in [3.8, 4) is 0 Å². The molecule has 0 radical (unpaired) electrons. The summed E-state index contributed by atoms with van der Waals surface area (Å²) in [5.41, 5.74) is 0. The predicted molar refractivity (Wildman–Crippen MR) is 69.7 cm³/mol. The highest BCUT2D eigenvalue weighted by Crippen LogP contribution is 2.27. The number of nitrogens with zero attached hydrogens (tertiary/aromatic N) is 1. The summed E-state index contributed by atoms with van der Waals surface area (Å²) in [4.78, 5) is 4.43. The summed E-state index contributed by atoms with van der Waals surface area (Å²) < 4.78 is 0. The third-order valence-corrected chi connectivity index (χ3v) is 4.42. The molecule has 0 bridgehead atoms. The Bertz CT molecular complexity index is 297. The Kier molecular flexibility index (Phi) is 4.36. The molecule has 0 aromatic carbocycles. The molecule has 1 saturated carbocycles. The Morgan fingerprint density at radius 1 is 1.56 bits per heavy atom. The van der Waals surface area contributed by atoms with Crippen LogP contribution in [0.4, 0.5) is 0 Å². The minimum Gasteiger partial charge on any atom is -0.305 e. The molecule has 1 aliphatic rings. The van der Waals surface area contributed by atoms with Gasteiger partial charge in [0.15, 0.2) is 0 Å². The highest BCUT2D eigenvalue weighted by atomic mass is 32.1. The lowest BCUT2D eigenvalue weighted by Crippen LogP contribution is -2.36. The lowest BCUT2D eigenvalue weighted by molar-refractivity contribution is 0.278. The molecule has 0 saturated heterocycles. The summed E-state index contributed by atoms with van der Waals surface area (Å²) in [6, 6.07) is 1.17. The highest BCUT2D eigenvalue weighted by molar-refractivity contribution is 7.09. The van der Waals surface area contributed by atoms with Crippen LogP contribution in [0.1, 0.15) is 57.0 Å². The number of thiazole rings is 1. The monoisotopic (exact) mass is 238 g/mol. The van der Waals surface area contributed by atoms with Crippen LogP contribution in [0, 0.1) is 5.92 Å². The van der Waals surface area contributed by atoms with E-state index in [0.29, 0.717) is 12.1 Å². The van der Waals surface area contributed by atoms with Gasteiger partial charge in [0.25, 0.3) is 0 Å². The second-order valence-corrected chi connectivity index (χ2v) is 5.89. The van der Waals surface area contributed by atoms with Crippen molar-refractivity contribution >= 4 is 11.3 Å². The highest BCUT2D eigenvalue weighted by Gasteiger charge is 2.22. The molecule has 0 spiro atoms. The first-order valence-corrected chi connectivity index (χ1v) is 7.33. The molecular weight excluding hydrogens is 216 g/mol. The number of aromatic nitrogens is 1. The first kappa shape index (κ1) is 12.1. The van der Waals surface area contributed by atoms with Crippen molar-refractivity contribution in [3.63, 3.8) is 0 Å². The summed E-state index contributed by atoms with van der Waals surface area (Å²) in [6.45, 7) is 4.61. The number of nitrogens with one attached hydrogen (secondary N) is 1. The normalized spacial score (nSPS) is 27.9. The predicted octanol–water partition coefficient (Wildman–Crippen LogP) is 3.76. The third kappa shape index (κ3) is 3.05. The largest absolute Gasteiger partial charge is 0.305 e. The van der Waals surface area contributed by atoms with Gasteiger partial charge in [-0.05, 0) is 25.2 Å². The van der Waals surface area contributed by atoms with Gasteiger partial charge >= 0.3 is 0 Å². The van der Waals surface area contributed by atoms with E-state index < -0.39 is 0 Å². The Labute approximate surface area is 102 Å². The molecule has 1 aromatic heterocycles. The van der Waals surface area contributed by atoms with Gasteiger partial charge in [-0.15, -0.1) is 11.3 Å². The SMILES string of the molecule is CCC(NC1CCCC(C)C1)c1nccs1. The summed E-state index contributed by atoms with van der Waals surface area (Å²) in [5, 5.41) is 7.11. The van der Waals surface area contributed by atoms with Crippen LogP contribution in [0.25, 0.3) is 0 Å². The molecule has 1 fully saturated rings. The molecule has 0 amide bonds. The quantitative estimate of drug-likeness (QED) is 0.864. The fraction of sp³-hybridized carbons (Fsp3) is 0.769. The van der Waals surface area contributed by atoms with Crippen molar-refractivity contribution in [1.29, 1.82) is 0 Å². The Morgan fingerprint density at radius 2 is 2.44 bits per heavy atom. The van der Waals surface area contributed by atoms with Gasteiger partial charge in [-0.3, -0.25) is 0 Å². The molecule has 16 heavy (non-hydrogen) atoms. The lowest BCUT2D eigenvalue weighted by atomic mass is 9.86. The molecule has 3 heteroatoms. The number of hydrogen-bond acceptors (Lipinski definition) is 3. The average molecular weight is 238 g/mol. The Hall–Kier alpha value is -0.410. The van der Waals surface area contributed by atoms with Crippen LogP contribution in [0.5, 0.6) is 0 Å². The average Bonchev–Trinajstić information content (AvgIpc) is 2.79. The summed E-state index contributed by atoms with van der Waals surface area (Å²) in [5.74, 6) is 0.889. The topological polar surface area (TPSA) is 24.9 Å². The van der Waals surface area contributed by atoms with Gasteiger partial charge in [0.05, 0.1) is 6.04 Å². The van der Waals surface area contributed by atoms with Crippen LogP contribution >= 0.6 is 11.3 Å². The van der Waals surface area contributed by atoms with Gasteiger partial charge in [-0.2, -0.15) is 0 Å². The van der Waals surface area contributed by atoms with Crippen LogP contribution in [-0.2, 0) is 0 Å². The second kappa shape index (κ2) is 5.78. The van der Waals surface area contributed by atoms with Gasteiger partial charge in [-0.25, -0.2) is 4.98 Å². The van der Waals surface area contributed by atoms with Crippen molar-refractivity contribution in [2.45, 2.75) is 58.0 Å². The molecule has 1 N–H and O–H groups in total. The number of rotatable bonds is 4. The van der Waals surface area contributed by atoms with Crippen molar-refractivity contribution in [2.24, 2.45) is 5.92 Å². The fourth-order valence-electron chi connectivity index (χ4n) is 2.64.